The molecule has 2 rings (SSSR count). The average molecular weight is 176 g/mol. The lowest BCUT2D eigenvalue weighted by Gasteiger charge is -2.04. The predicted octanol–water partition coefficient (Wildman–Crippen LogP) is 2.02. The molecular weight excluding hydrogens is 168 g/mol. The van der Waals surface area contributed by atoms with E-state index in [0.717, 1.165) is 5.56 Å². The first-order chi connectivity index (χ1) is 6.12. The van der Waals surface area contributed by atoms with Crippen LogP contribution in [0.3, 0.4) is 0 Å². The van der Waals surface area contributed by atoms with Crippen LogP contribution in [0.15, 0.2) is 34.5 Å². The maximum Gasteiger partial charge on any atom is 0.335 e. The fourth-order valence-electron chi connectivity index (χ4n) is 1.14. The topological polar surface area (TPSA) is 62.0 Å². The van der Waals surface area contributed by atoms with Crippen molar-refractivity contribution in [3.05, 3.63) is 35.4 Å². The van der Waals surface area contributed by atoms with Crippen LogP contribution in [0.1, 0.15) is 22.8 Å². The van der Waals surface area contributed by atoms with Gasteiger partial charge in [0.05, 0.1) is 5.56 Å². The molecule has 0 bridgehead atoms. The summed E-state index contributed by atoms with van der Waals surface area (Å²) in [7, 11) is 0. The maximum absolute atomic E-state index is 10.6. The molecular formula is C9H8N2O2. The predicted molar refractivity (Wildman–Crippen MR) is 45.6 cm³/mol. The Hall–Kier alpha value is -1.71. The van der Waals surface area contributed by atoms with Crippen LogP contribution >= 0.6 is 0 Å². The van der Waals surface area contributed by atoms with Crippen molar-refractivity contribution >= 4 is 5.97 Å². The van der Waals surface area contributed by atoms with Crippen molar-refractivity contribution in [1.82, 2.24) is 0 Å². The van der Waals surface area contributed by atoms with Crippen LogP contribution in [0.5, 0.6) is 0 Å². The van der Waals surface area contributed by atoms with E-state index < -0.39 is 11.6 Å². The van der Waals surface area contributed by atoms with E-state index in [9.17, 15) is 4.79 Å². The number of rotatable bonds is 2. The Kier molecular flexibility index (Phi) is 1.45. The lowest BCUT2D eigenvalue weighted by molar-refractivity contribution is 0.0697. The molecule has 1 heterocycles. The Morgan fingerprint density at radius 3 is 2.69 bits per heavy atom. The SMILES string of the molecule is CC1(c2cccc(C(=O)O)c2)N=N1. The monoisotopic (exact) mass is 176 g/mol. The molecule has 1 aliphatic rings. The molecule has 1 aliphatic heterocycles. The molecule has 0 aromatic heterocycles. The van der Waals surface area contributed by atoms with Crippen molar-refractivity contribution in [3.63, 3.8) is 0 Å². The standard InChI is InChI=1S/C9H8N2O2/c1-9(10-11-9)7-4-2-3-6(5-7)8(12)13/h2-5H,1H3,(H,12,13). The molecule has 4 heteroatoms. The Labute approximate surface area is 74.9 Å². The summed E-state index contributed by atoms with van der Waals surface area (Å²) in [6.07, 6.45) is 0. The van der Waals surface area contributed by atoms with E-state index in [-0.39, 0.29) is 5.56 Å². The summed E-state index contributed by atoms with van der Waals surface area (Å²) >= 11 is 0. The van der Waals surface area contributed by atoms with Gasteiger partial charge in [0.2, 0.25) is 5.66 Å². The third kappa shape index (κ3) is 1.30. The van der Waals surface area contributed by atoms with Gasteiger partial charge >= 0.3 is 5.97 Å². The van der Waals surface area contributed by atoms with Gasteiger partial charge in [0.1, 0.15) is 0 Å². The molecule has 1 aromatic rings. The number of hydrogen-bond acceptors (Lipinski definition) is 3. The van der Waals surface area contributed by atoms with Gasteiger partial charge < -0.3 is 5.11 Å². The maximum atomic E-state index is 10.6. The Balaban J connectivity index is 2.38. The van der Waals surface area contributed by atoms with E-state index in [2.05, 4.69) is 10.2 Å². The third-order valence-electron chi connectivity index (χ3n) is 2.06. The van der Waals surface area contributed by atoms with Gasteiger partial charge in [0.25, 0.3) is 0 Å². The first kappa shape index (κ1) is 7.91. The number of hydrogen-bond donors (Lipinski definition) is 1. The summed E-state index contributed by atoms with van der Waals surface area (Å²) in [4.78, 5) is 10.6. The molecule has 1 aromatic carbocycles. The normalized spacial score (nSPS) is 17.0. The second-order valence-corrected chi connectivity index (χ2v) is 3.11. The zero-order valence-electron chi connectivity index (χ0n) is 7.06. The molecule has 0 radical (unpaired) electrons. The summed E-state index contributed by atoms with van der Waals surface area (Å²) in [6.45, 7) is 1.84. The van der Waals surface area contributed by atoms with Crippen LogP contribution in [0.2, 0.25) is 0 Å². The second-order valence-electron chi connectivity index (χ2n) is 3.11. The summed E-state index contributed by atoms with van der Waals surface area (Å²) in [5.41, 5.74) is 0.606. The first-order valence-electron chi connectivity index (χ1n) is 3.90. The van der Waals surface area contributed by atoms with Gasteiger partial charge in [-0.3, -0.25) is 0 Å². The van der Waals surface area contributed by atoms with Crippen LogP contribution in [0.25, 0.3) is 0 Å². The number of carboxylic acid groups (broad SMARTS) is 1. The van der Waals surface area contributed by atoms with Gasteiger partial charge in [-0.2, -0.15) is 10.2 Å². The minimum atomic E-state index is -0.925. The van der Waals surface area contributed by atoms with Crippen LogP contribution in [-0.4, -0.2) is 11.1 Å². The van der Waals surface area contributed by atoms with E-state index in [1.165, 1.54) is 0 Å². The second kappa shape index (κ2) is 2.39. The molecule has 0 saturated heterocycles. The number of carboxylic acids is 1. The van der Waals surface area contributed by atoms with Gasteiger partial charge in [0.15, 0.2) is 0 Å². The summed E-state index contributed by atoms with van der Waals surface area (Å²) in [6, 6.07) is 6.68. The van der Waals surface area contributed by atoms with Crippen LogP contribution in [0.4, 0.5) is 0 Å². The van der Waals surface area contributed by atoms with Gasteiger partial charge in [0, 0.05) is 5.56 Å². The first-order valence-corrected chi connectivity index (χ1v) is 3.90. The van der Waals surface area contributed by atoms with Crippen molar-refractivity contribution in [2.24, 2.45) is 10.2 Å². The minimum absolute atomic E-state index is 0.274. The van der Waals surface area contributed by atoms with E-state index in [1.54, 1.807) is 18.2 Å². The Morgan fingerprint density at radius 1 is 1.46 bits per heavy atom. The van der Waals surface area contributed by atoms with Crippen molar-refractivity contribution in [1.29, 1.82) is 0 Å². The molecule has 4 nitrogen and oxygen atoms in total. The molecule has 0 unspecified atom stereocenters. The zero-order valence-corrected chi connectivity index (χ0v) is 7.06. The minimum Gasteiger partial charge on any atom is -0.478 e. The fourth-order valence-corrected chi connectivity index (χ4v) is 1.14. The molecule has 0 atom stereocenters. The van der Waals surface area contributed by atoms with Crippen LogP contribution < -0.4 is 0 Å². The van der Waals surface area contributed by atoms with Crippen LogP contribution in [-0.2, 0) is 5.66 Å². The van der Waals surface area contributed by atoms with E-state index >= 15 is 0 Å². The van der Waals surface area contributed by atoms with Gasteiger partial charge in [-0.15, -0.1) is 0 Å². The van der Waals surface area contributed by atoms with Crippen molar-refractivity contribution in [2.45, 2.75) is 12.6 Å². The van der Waals surface area contributed by atoms with E-state index in [4.69, 9.17) is 5.11 Å². The zero-order chi connectivity index (χ0) is 9.47. The molecule has 66 valence electrons. The molecule has 0 amide bonds. The smallest absolute Gasteiger partial charge is 0.335 e. The molecule has 0 saturated carbocycles. The summed E-state index contributed by atoms with van der Waals surface area (Å²) in [5.74, 6) is -0.925. The fraction of sp³-hybridized carbons (Fsp3) is 0.222. The lowest BCUT2D eigenvalue weighted by atomic mass is 10.0. The number of carbonyl (C=O) groups is 1. The number of benzene rings is 1. The lowest BCUT2D eigenvalue weighted by Crippen LogP contribution is -2.04. The highest BCUT2D eigenvalue weighted by Crippen LogP contribution is 2.38. The molecule has 13 heavy (non-hydrogen) atoms. The summed E-state index contributed by atoms with van der Waals surface area (Å²) < 4.78 is 0. The highest BCUT2D eigenvalue weighted by Gasteiger charge is 2.36. The Morgan fingerprint density at radius 2 is 2.15 bits per heavy atom. The Bertz CT molecular complexity index is 392. The largest absolute Gasteiger partial charge is 0.478 e. The van der Waals surface area contributed by atoms with Gasteiger partial charge in [-0.1, -0.05) is 12.1 Å². The number of aromatic carboxylic acids is 1. The van der Waals surface area contributed by atoms with Gasteiger partial charge in [-0.25, -0.2) is 4.79 Å². The third-order valence-corrected chi connectivity index (χ3v) is 2.06. The molecule has 0 aliphatic carbocycles. The summed E-state index contributed by atoms with van der Waals surface area (Å²) in [5, 5.41) is 16.4. The molecule has 1 N–H and O–H groups in total. The van der Waals surface area contributed by atoms with Crippen molar-refractivity contribution < 1.29 is 9.90 Å². The van der Waals surface area contributed by atoms with Crippen molar-refractivity contribution in [2.75, 3.05) is 0 Å². The van der Waals surface area contributed by atoms with E-state index in [1.807, 2.05) is 13.0 Å². The van der Waals surface area contributed by atoms with E-state index in [0.29, 0.717) is 0 Å². The highest BCUT2D eigenvalue weighted by molar-refractivity contribution is 5.87. The molecule has 0 fully saturated rings. The number of nitrogens with zero attached hydrogens (tertiary/aromatic N) is 2. The molecule has 0 spiro atoms. The van der Waals surface area contributed by atoms with Crippen LogP contribution in [0, 0.1) is 0 Å². The average Bonchev–Trinajstić information content (AvgIpc) is 2.85. The quantitative estimate of drug-likeness (QED) is 0.749. The van der Waals surface area contributed by atoms with Gasteiger partial charge in [-0.05, 0) is 19.1 Å². The van der Waals surface area contributed by atoms with Crippen molar-refractivity contribution in [3.8, 4) is 0 Å². The highest BCUT2D eigenvalue weighted by atomic mass is 16.4.